The SMILES string of the molecule is CC(N=CN(N)Cc1ccccc1F)C(=O)NC1COc2ccc(CCC(=O)Nc3ccc(C=N)c(N)c3)cc2N(C)C1=O. The summed E-state index contributed by atoms with van der Waals surface area (Å²) in [5.41, 5.74) is 9.09. The first-order valence-electron chi connectivity index (χ1n) is 13.9. The van der Waals surface area contributed by atoms with Gasteiger partial charge in [0.1, 0.15) is 36.6 Å². The summed E-state index contributed by atoms with van der Waals surface area (Å²) < 4.78 is 19.7. The summed E-state index contributed by atoms with van der Waals surface area (Å²) in [6.07, 6.45) is 2.97. The van der Waals surface area contributed by atoms with Crippen LogP contribution in [0.4, 0.5) is 21.5 Å². The molecule has 3 aromatic rings. The molecule has 0 bridgehead atoms. The summed E-state index contributed by atoms with van der Waals surface area (Å²) in [6.45, 7) is 1.52. The molecule has 0 spiro atoms. The maximum atomic E-state index is 13.9. The maximum absolute atomic E-state index is 13.9. The van der Waals surface area contributed by atoms with Gasteiger partial charge in [-0.25, -0.2) is 10.2 Å². The molecule has 1 aliphatic heterocycles. The van der Waals surface area contributed by atoms with Gasteiger partial charge in [0, 0.05) is 42.2 Å². The van der Waals surface area contributed by atoms with E-state index >= 15 is 0 Å². The fraction of sp³-hybridized carbons (Fsp3) is 0.258. The summed E-state index contributed by atoms with van der Waals surface area (Å²) in [5, 5.41) is 14.0. The van der Waals surface area contributed by atoms with E-state index in [1.807, 2.05) is 6.07 Å². The number of hydrogen-bond acceptors (Lipinski definition) is 8. The molecular formula is C31H35FN8O4. The van der Waals surface area contributed by atoms with Crippen molar-refractivity contribution >= 4 is 47.3 Å². The summed E-state index contributed by atoms with van der Waals surface area (Å²) in [6, 6.07) is 14.6. The van der Waals surface area contributed by atoms with Crippen molar-refractivity contribution in [2.45, 2.75) is 38.4 Å². The lowest BCUT2D eigenvalue weighted by Crippen LogP contribution is -2.51. The van der Waals surface area contributed by atoms with Gasteiger partial charge in [0.15, 0.2) is 0 Å². The van der Waals surface area contributed by atoms with Crippen molar-refractivity contribution in [2.24, 2.45) is 10.8 Å². The third kappa shape index (κ3) is 7.95. The van der Waals surface area contributed by atoms with Crippen molar-refractivity contribution in [3.05, 3.63) is 83.2 Å². The van der Waals surface area contributed by atoms with Crippen molar-refractivity contribution in [1.82, 2.24) is 10.3 Å². The number of likely N-dealkylation sites (N-methyl/N-ethyl adjacent to an activating group) is 1. The van der Waals surface area contributed by atoms with E-state index in [-0.39, 0.29) is 31.4 Å². The average Bonchev–Trinajstić information content (AvgIpc) is 3.12. The number of halogens is 1. The quantitative estimate of drug-likeness (QED) is 0.0736. The molecule has 3 aromatic carbocycles. The molecule has 0 saturated heterocycles. The van der Waals surface area contributed by atoms with Crippen molar-refractivity contribution in [3.8, 4) is 5.75 Å². The molecule has 12 nitrogen and oxygen atoms in total. The number of amides is 3. The number of nitrogens with two attached hydrogens (primary N) is 2. The Bertz CT molecular complexity index is 1580. The highest BCUT2D eigenvalue weighted by Gasteiger charge is 2.31. The molecule has 0 aromatic heterocycles. The number of nitrogens with one attached hydrogen (secondary N) is 3. The molecular weight excluding hydrogens is 567 g/mol. The van der Waals surface area contributed by atoms with E-state index < -0.39 is 23.8 Å². The topological polar surface area (TPSA) is 179 Å². The molecule has 1 aliphatic rings. The highest BCUT2D eigenvalue weighted by Crippen LogP contribution is 2.32. The molecule has 1 heterocycles. The van der Waals surface area contributed by atoms with Crippen LogP contribution in [0.1, 0.15) is 30.0 Å². The lowest BCUT2D eigenvalue weighted by molar-refractivity contribution is -0.128. The highest BCUT2D eigenvalue weighted by molar-refractivity contribution is 6.01. The highest BCUT2D eigenvalue weighted by atomic mass is 19.1. The van der Waals surface area contributed by atoms with E-state index in [9.17, 15) is 18.8 Å². The summed E-state index contributed by atoms with van der Waals surface area (Å²) in [7, 11) is 1.59. The van der Waals surface area contributed by atoms with Crippen LogP contribution >= 0.6 is 0 Å². The van der Waals surface area contributed by atoms with Crippen LogP contribution in [-0.4, -0.2) is 61.0 Å². The number of rotatable bonds is 11. The number of carbonyl (C=O) groups is 3. The number of hydrogen-bond donors (Lipinski definition) is 5. The van der Waals surface area contributed by atoms with Gasteiger partial charge in [0.05, 0.1) is 12.2 Å². The second-order valence-corrected chi connectivity index (χ2v) is 10.3. The first-order valence-corrected chi connectivity index (χ1v) is 13.9. The largest absolute Gasteiger partial charge is 0.489 e. The van der Waals surface area contributed by atoms with Gasteiger partial charge in [-0.3, -0.25) is 24.4 Å². The molecule has 13 heteroatoms. The zero-order valence-corrected chi connectivity index (χ0v) is 24.4. The third-order valence-electron chi connectivity index (χ3n) is 7.03. The summed E-state index contributed by atoms with van der Waals surface area (Å²) >= 11 is 0. The number of carbonyl (C=O) groups excluding carboxylic acids is 3. The minimum atomic E-state index is -0.967. The molecule has 2 unspecified atom stereocenters. The van der Waals surface area contributed by atoms with Crippen LogP contribution in [0.25, 0.3) is 0 Å². The van der Waals surface area contributed by atoms with Gasteiger partial charge in [-0.1, -0.05) is 24.3 Å². The van der Waals surface area contributed by atoms with E-state index in [4.69, 9.17) is 21.7 Å². The van der Waals surface area contributed by atoms with Crippen molar-refractivity contribution in [2.75, 3.05) is 29.6 Å². The predicted octanol–water partition coefficient (Wildman–Crippen LogP) is 2.61. The Morgan fingerprint density at radius 2 is 2.00 bits per heavy atom. The molecule has 0 fully saturated rings. The summed E-state index contributed by atoms with van der Waals surface area (Å²) in [4.78, 5) is 44.2. The molecule has 3 amide bonds. The number of fused-ring (bicyclic) bond motifs is 1. The Morgan fingerprint density at radius 3 is 2.73 bits per heavy atom. The number of aliphatic imine (C=N–C) groups is 1. The minimum absolute atomic E-state index is 0.0599. The van der Waals surface area contributed by atoms with E-state index in [0.717, 1.165) is 11.8 Å². The van der Waals surface area contributed by atoms with E-state index in [0.29, 0.717) is 40.4 Å². The smallest absolute Gasteiger partial charge is 0.252 e. The van der Waals surface area contributed by atoms with E-state index in [1.54, 1.807) is 62.5 Å². The number of nitrogen functional groups attached to an aromatic ring is 1. The number of anilines is 3. The van der Waals surface area contributed by atoms with Gasteiger partial charge >= 0.3 is 0 Å². The number of aryl methyl sites for hydroxylation is 1. The van der Waals surface area contributed by atoms with Crippen LogP contribution in [0, 0.1) is 11.2 Å². The third-order valence-corrected chi connectivity index (χ3v) is 7.03. The molecule has 44 heavy (non-hydrogen) atoms. The van der Waals surface area contributed by atoms with Crippen LogP contribution in [0.2, 0.25) is 0 Å². The van der Waals surface area contributed by atoms with Gasteiger partial charge in [-0.15, -0.1) is 0 Å². The van der Waals surface area contributed by atoms with Crippen LogP contribution in [0.3, 0.4) is 0 Å². The fourth-order valence-corrected chi connectivity index (χ4v) is 4.48. The Morgan fingerprint density at radius 1 is 1.23 bits per heavy atom. The maximum Gasteiger partial charge on any atom is 0.252 e. The van der Waals surface area contributed by atoms with Gasteiger partial charge in [-0.05, 0) is 55.3 Å². The Balaban J connectivity index is 1.32. The average molecular weight is 603 g/mol. The molecule has 0 aliphatic carbocycles. The van der Waals surface area contributed by atoms with E-state index in [2.05, 4.69) is 15.6 Å². The molecule has 7 N–H and O–H groups in total. The second-order valence-electron chi connectivity index (χ2n) is 10.3. The molecule has 2 atom stereocenters. The predicted molar refractivity (Wildman–Crippen MR) is 167 cm³/mol. The van der Waals surface area contributed by atoms with Crippen LogP contribution in [0.5, 0.6) is 5.75 Å². The molecule has 230 valence electrons. The Hall–Kier alpha value is -5.30. The molecule has 4 rings (SSSR count). The summed E-state index contributed by atoms with van der Waals surface area (Å²) in [5.74, 6) is 4.85. The first-order chi connectivity index (χ1) is 21.0. The van der Waals surface area contributed by atoms with Crippen LogP contribution in [0.15, 0.2) is 65.7 Å². The second kappa shape index (κ2) is 14.2. The number of benzene rings is 3. The molecule has 0 saturated carbocycles. The normalized spacial score (nSPS) is 15.1. The van der Waals surface area contributed by atoms with Gasteiger partial charge < -0.3 is 31.4 Å². The fourth-order valence-electron chi connectivity index (χ4n) is 4.48. The Labute approximate surface area is 254 Å². The van der Waals surface area contributed by atoms with Crippen LogP contribution < -0.4 is 31.8 Å². The van der Waals surface area contributed by atoms with Gasteiger partial charge in [0.25, 0.3) is 5.91 Å². The first kappa shape index (κ1) is 31.6. The minimum Gasteiger partial charge on any atom is -0.489 e. The number of hydrazine groups is 1. The zero-order valence-electron chi connectivity index (χ0n) is 24.4. The number of nitrogens with zero attached hydrogens (tertiary/aromatic N) is 3. The van der Waals surface area contributed by atoms with Crippen molar-refractivity contribution < 1.29 is 23.5 Å². The monoisotopic (exact) mass is 602 g/mol. The molecule has 0 radical (unpaired) electrons. The number of ether oxygens (including phenoxy) is 1. The van der Waals surface area contributed by atoms with Crippen molar-refractivity contribution in [3.63, 3.8) is 0 Å². The lowest BCUT2D eigenvalue weighted by atomic mass is 10.1. The lowest BCUT2D eigenvalue weighted by Gasteiger charge is -2.21. The van der Waals surface area contributed by atoms with Crippen LogP contribution in [-0.2, 0) is 27.3 Å². The van der Waals surface area contributed by atoms with Gasteiger partial charge in [-0.2, -0.15) is 0 Å². The zero-order chi connectivity index (χ0) is 31.8. The van der Waals surface area contributed by atoms with Crippen molar-refractivity contribution in [1.29, 1.82) is 5.41 Å². The van der Waals surface area contributed by atoms with Gasteiger partial charge in [0.2, 0.25) is 11.8 Å². The Kier molecular flexibility index (Phi) is 10.2. The standard InChI is InChI=1S/C31H35FN8O4/c1-19(36-18-40(35)16-22-5-3-4-6-24(22)32)30(42)38-26-17-44-28-11-7-20(13-27(28)39(2)31(26)43)8-12-29(41)37-23-10-9-21(15-33)25(34)14-23/h3-7,9-11,13-15,18-19,26,33H,8,12,16-17,34-35H2,1-2H3,(H,37,41)(H,38,42). The van der Waals surface area contributed by atoms with E-state index in [1.165, 1.54) is 22.3 Å².